The quantitative estimate of drug-likeness (QED) is 0.516. The summed E-state index contributed by atoms with van der Waals surface area (Å²) in [6, 6.07) is 10.5. The molecule has 0 spiro atoms. The fraction of sp³-hybridized carbons (Fsp3) is 0.0667. The Morgan fingerprint density at radius 1 is 1.21 bits per heavy atom. The predicted octanol–water partition coefficient (Wildman–Crippen LogP) is 4.18. The second-order valence-corrected chi connectivity index (χ2v) is 7.87. The highest BCUT2D eigenvalue weighted by Crippen LogP contribution is 2.35. The van der Waals surface area contributed by atoms with Gasteiger partial charge in [0, 0.05) is 11.1 Å². The first kappa shape index (κ1) is 17.2. The molecule has 0 bridgehead atoms. The number of nitrogens with one attached hydrogen (secondary N) is 1. The number of thioether (sulfide) groups is 1. The highest BCUT2D eigenvalue weighted by Gasteiger charge is 2.15. The van der Waals surface area contributed by atoms with Crippen molar-refractivity contribution in [3.05, 3.63) is 61.0 Å². The van der Waals surface area contributed by atoms with Gasteiger partial charge in [-0.05, 0) is 6.07 Å². The summed E-state index contributed by atoms with van der Waals surface area (Å²) in [5.74, 6) is 0.0962. The van der Waals surface area contributed by atoms with Gasteiger partial charge in [0.05, 0.1) is 10.1 Å². The van der Waals surface area contributed by atoms with Crippen LogP contribution in [0.5, 0.6) is 0 Å². The van der Waals surface area contributed by atoms with E-state index in [0.29, 0.717) is 19.8 Å². The molecule has 24 heavy (non-hydrogen) atoms. The molecule has 2 aromatic heterocycles. The Hall–Kier alpha value is -1.67. The van der Waals surface area contributed by atoms with Gasteiger partial charge in [0.15, 0.2) is 16.6 Å². The van der Waals surface area contributed by atoms with Gasteiger partial charge in [-0.25, -0.2) is 0 Å². The maximum Gasteiger partial charge on any atom is 0.278 e. The Morgan fingerprint density at radius 2 is 1.96 bits per heavy atom. The third-order valence-corrected chi connectivity index (χ3v) is 5.38. The normalized spacial score (nSPS) is 10.8. The van der Waals surface area contributed by atoms with Crippen molar-refractivity contribution in [2.75, 3.05) is 5.75 Å². The van der Waals surface area contributed by atoms with Crippen molar-refractivity contribution < 1.29 is 4.79 Å². The second-order valence-electron chi connectivity index (χ2n) is 4.62. The highest BCUT2D eigenvalue weighted by atomic mass is 35.5. The number of hydrogen-bond acceptors (Lipinski definition) is 6. The van der Waals surface area contributed by atoms with E-state index in [9.17, 15) is 9.59 Å². The molecule has 0 fully saturated rings. The Bertz CT molecular complexity index is 941. The molecule has 3 rings (SSSR count). The minimum atomic E-state index is -0.434. The lowest BCUT2D eigenvalue weighted by atomic mass is 10.2. The van der Waals surface area contributed by atoms with Crippen LogP contribution in [0.1, 0.15) is 10.4 Å². The van der Waals surface area contributed by atoms with Crippen molar-refractivity contribution in [3.63, 3.8) is 0 Å². The number of rotatable bonds is 5. The third-order valence-electron chi connectivity index (χ3n) is 3.02. The molecule has 0 saturated carbocycles. The lowest BCUT2D eigenvalue weighted by Crippen LogP contribution is -2.14. The molecule has 5 nitrogen and oxygen atoms in total. The van der Waals surface area contributed by atoms with Crippen LogP contribution in [-0.4, -0.2) is 26.7 Å². The van der Waals surface area contributed by atoms with Gasteiger partial charge in [-0.3, -0.25) is 14.6 Å². The molecule has 1 aromatic carbocycles. The van der Waals surface area contributed by atoms with Crippen molar-refractivity contribution in [3.8, 4) is 11.3 Å². The fourth-order valence-electron chi connectivity index (χ4n) is 1.91. The molecular weight excluding hydrogens is 389 g/mol. The van der Waals surface area contributed by atoms with E-state index in [4.69, 9.17) is 23.2 Å². The Balaban J connectivity index is 1.75. The van der Waals surface area contributed by atoms with Gasteiger partial charge in [0.25, 0.3) is 5.56 Å². The molecule has 0 aliphatic carbocycles. The average molecular weight is 398 g/mol. The lowest BCUT2D eigenvalue weighted by molar-refractivity contribution is 0.102. The molecule has 0 amide bonds. The minimum Gasteiger partial charge on any atom is -0.298 e. The molecular formula is C15H9Cl2N3O2S2. The van der Waals surface area contributed by atoms with E-state index in [1.807, 2.05) is 6.07 Å². The Morgan fingerprint density at radius 3 is 2.58 bits per heavy atom. The SMILES string of the molecule is O=C(CSc1nnc(-c2cc(Cl)sc2Cl)c(=O)[nH]1)c1ccccc1. The third kappa shape index (κ3) is 3.87. The first-order valence-corrected chi connectivity index (χ1v) is 9.23. The van der Waals surface area contributed by atoms with Gasteiger partial charge in [0.2, 0.25) is 0 Å². The summed E-state index contributed by atoms with van der Waals surface area (Å²) in [5, 5.41) is 8.12. The van der Waals surface area contributed by atoms with E-state index < -0.39 is 5.56 Å². The van der Waals surface area contributed by atoms with Crippen LogP contribution in [0.3, 0.4) is 0 Å². The number of H-pyrrole nitrogens is 1. The van der Waals surface area contributed by atoms with Crippen molar-refractivity contribution in [2.45, 2.75) is 5.16 Å². The average Bonchev–Trinajstić information content (AvgIpc) is 2.91. The smallest absolute Gasteiger partial charge is 0.278 e. The van der Waals surface area contributed by atoms with Crippen molar-refractivity contribution in [1.29, 1.82) is 0 Å². The first-order chi connectivity index (χ1) is 11.5. The van der Waals surface area contributed by atoms with Gasteiger partial charge in [-0.15, -0.1) is 21.5 Å². The van der Waals surface area contributed by atoms with Crippen LogP contribution >= 0.6 is 46.3 Å². The van der Waals surface area contributed by atoms with Gasteiger partial charge in [-0.2, -0.15) is 0 Å². The second kappa shape index (κ2) is 7.48. The highest BCUT2D eigenvalue weighted by molar-refractivity contribution is 7.99. The van der Waals surface area contributed by atoms with E-state index in [1.165, 1.54) is 0 Å². The first-order valence-electron chi connectivity index (χ1n) is 6.68. The zero-order valence-electron chi connectivity index (χ0n) is 12.0. The molecule has 9 heteroatoms. The number of thiophene rings is 1. The molecule has 0 radical (unpaired) electrons. The van der Waals surface area contributed by atoms with Gasteiger partial charge < -0.3 is 0 Å². The van der Waals surface area contributed by atoms with Crippen LogP contribution in [0, 0.1) is 0 Å². The number of aromatic amines is 1. The zero-order valence-corrected chi connectivity index (χ0v) is 15.1. The van der Waals surface area contributed by atoms with E-state index >= 15 is 0 Å². The van der Waals surface area contributed by atoms with E-state index in [0.717, 1.165) is 23.1 Å². The molecule has 2 heterocycles. The Kier molecular flexibility index (Phi) is 5.35. The van der Waals surface area contributed by atoms with Crippen LogP contribution in [0.25, 0.3) is 11.3 Å². The molecule has 0 atom stereocenters. The monoisotopic (exact) mass is 397 g/mol. The van der Waals surface area contributed by atoms with Gasteiger partial charge >= 0.3 is 0 Å². The number of carbonyl (C=O) groups excluding carboxylic acids is 1. The summed E-state index contributed by atoms with van der Waals surface area (Å²) < 4.78 is 0.836. The molecule has 0 saturated heterocycles. The molecule has 3 aromatic rings. The maximum absolute atomic E-state index is 12.2. The summed E-state index contributed by atoms with van der Waals surface area (Å²) in [6.45, 7) is 0. The largest absolute Gasteiger partial charge is 0.298 e. The predicted molar refractivity (Wildman–Crippen MR) is 97.5 cm³/mol. The molecule has 122 valence electrons. The van der Waals surface area contributed by atoms with Gasteiger partial charge in [0.1, 0.15) is 4.34 Å². The lowest BCUT2D eigenvalue weighted by Gasteiger charge is -2.02. The number of ketones is 1. The number of hydrogen-bond donors (Lipinski definition) is 1. The number of benzene rings is 1. The van der Waals surface area contributed by atoms with Crippen LogP contribution in [0.15, 0.2) is 46.3 Å². The summed E-state index contributed by atoms with van der Waals surface area (Å²) in [4.78, 5) is 26.8. The van der Waals surface area contributed by atoms with Crippen LogP contribution < -0.4 is 5.56 Å². The number of carbonyl (C=O) groups is 1. The van der Waals surface area contributed by atoms with Crippen LogP contribution in [0.2, 0.25) is 8.67 Å². The fourth-order valence-corrected chi connectivity index (χ4v) is 4.07. The van der Waals surface area contributed by atoms with Crippen LogP contribution in [-0.2, 0) is 0 Å². The molecule has 0 unspecified atom stereocenters. The number of aromatic nitrogens is 3. The van der Waals surface area contributed by atoms with E-state index in [2.05, 4.69) is 15.2 Å². The number of Topliss-reactive ketones (excluding diaryl/α,β-unsaturated/α-hetero) is 1. The molecule has 0 aliphatic heterocycles. The van der Waals surface area contributed by atoms with Crippen molar-refractivity contribution >= 4 is 52.1 Å². The van der Waals surface area contributed by atoms with Gasteiger partial charge in [-0.1, -0.05) is 65.3 Å². The summed E-state index contributed by atoms with van der Waals surface area (Å²) >= 11 is 14.2. The Labute approximate surface area is 155 Å². The molecule has 1 N–H and O–H groups in total. The summed E-state index contributed by atoms with van der Waals surface area (Å²) in [7, 11) is 0. The van der Waals surface area contributed by atoms with E-state index in [-0.39, 0.29) is 22.4 Å². The van der Waals surface area contributed by atoms with Crippen molar-refractivity contribution in [1.82, 2.24) is 15.2 Å². The summed E-state index contributed by atoms with van der Waals surface area (Å²) in [6.07, 6.45) is 0. The molecule has 0 aliphatic rings. The number of nitrogens with zero attached hydrogens (tertiary/aromatic N) is 2. The zero-order chi connectivity index (χ0) is 17.1. The number of halogens is 2. The maximum atomic E-state index is 12.2. The topological polar surface area (TPSA) is 75.7 Å². The van der Waals surface area contributed by atoms with Crippen LogP contribution in [0.4, 0.5) is 0 Å². The van der Waals surface area contributed by atoms with Crippen molar-refractivity contribution in [2.24, 2.45) is 0 Å². The standard InChI is InChI=1S/C15H9Cl2N3O2S2/c16-11-6-9(13(17)24-11)12-14(22)18-15(20-19-12)23-7-10(21)8-4-2-1-3-5-8/h1-6H,7H2,(H,18,20,22). The summed E-state index contributed by atoms with van der Waals surface area (Å²) in [5.41, 5.74) is 0.715. The van der Waals surface area contributed by atoms with E-state index in [1.54, 1.807) is 30.3 Å². The minimum absolute atomic E-state index is 0.0556.